The summed E-state index contributed by atoms with van der Waals surface area (Å²) in [7, 11) is 0. The molecule has 1 aromatic rings. The third-order valence-electron chi connectivity index (χ3n) is 5.43. The van der Waals surface area contributed by atoms with Crippen LogP contribution in [0.4, 0.5) is 4.79 Å². The topological polar surface area (TPSA) is 93.1 Å². The summed E-state index contributed by atoms with van der Waals surface area (Å²) >= 11 is 0. The number of carbonyl (C=O) groups excluding carboxylic acids is 3. The molecular formula is C23H27NO6. The van der Waals surface area contributed by atoms with Gasteiger partial charge in [0.1, 0.15) is 12.2 Å². The Bertz CT molecular complexity index is 953. The minimum atomic E-state index is -0.684. The number of fused-ring (bicyclic) bond motifs is 3. The largest absolute Gasteiger partial charge is 0.515 e. The zero-order valence-corrected chi connectivity index (χ0v) is 17.9. The predicted molar refractivity (Wildman–Crippen MR) is 110 cm³/mol. The summed E-state index contributed by atoms with van der Waals surface area (Å²) in [6, 6.07) is 7.34. The Morgan fingerprint density at radius 3 is 2.40 bits per heavy atom. The summed E-state index contributed by atoms with van der Waals surface area (Å²) in [6.45, 7) is 9.45. The third-order valence-corrected chi connectivity index (χ3v) is 5.43. The molecule has 1 aliphatic carbocycles. The van der Waals surface area contributed by atoms with E-state index < -0.39 is 23.6 Å². The Kier molecular flexibility index (Phi) is 5.74. The molecule has 7 nitrogen and oxygen atoms in total. The van der Waals surface area contributed by atoms with Gasteiger partial charge in [-0.2, -0.15) is 0 Å². The van der Waals surface area contributed by atoms with E-state index in [0.717, 1.165) is 33.4 Å². The zero-order chi connectivity index (χ0) is 22.2. The molecule has 0 aromatic heterocycles. The van der Waals surface area contributed by atoms with Crippen molar-refractivity contribution in [3.05, 3.63) is 58.4 Å². The summed E-state index contributed by atoms with van der Waals surface area (Å²) < 4.78 is 10.0. The SMILES string of the molecule is CC(C)(C)OC(=O)N1C(=O)/C(=C/O)C2Cc3ccccc3C21.CC1=C(C)C(=O)OC1. The van der Waals surface area contributed by atoms with E-state index in [2.05, 4.69) is 4.74 Å². The van der Waals surface area contributed by atoms with E-state index in [1.807, 2.05) is 31.2 Å². The first-order chi connectivity index (χ1) is 14.0. The lowest BCUT2D eigenvalue weighted by molar-refractivity contribution is -0.136. The van der Waals surface area contributed by atoms with Gasteiger partial charge in [0.25, 0.3) is 5.91 Å². The highest BCUT2D eigenvalue weighted by Crippen LogP contribution is 2.49. The van der Waals surface area contributed by atoms with E-state index in [1.165, 1.54) is 0 Å². The standard InChI is InChI=1S/C17H19NO4.C6H8O2/c1-17(2,3)22-16(21)18-14-11-7-5-4-6-10(11)8-12(14)13(9-19)15(18)20;1-4-3-8-6(7)5(4)2/h4-7,9,12,14,19H,8H2,1-3H3;3H2,1-2H3/b13-9+;. The van der Waals surface area contributed by atoms with E-state index in [9.17, 15) is 19.5 Å². The second kappa shape index (κ2) is 7.97. The number of ether oxygens (including phenoxy) is 2. The maximum atomic E-state index is 12.5. The van der Waals surface area contributed by atoms with Crippen molar-refractivity contribution >= 4 is 18.0 Å². The number of hydrogen-bond acceptors (Lipinski definition) is 6. The van der Waals surface area contributed by atoms with Crippen molar-refractivity contribution in [1.29, 1.82) is 0 Å². The lowest BCUT2D eigenvalue weighted by Gasteiger charge is -2.27. The molecule has 2 heterocycles. The molecule has 3 aliphatic rings. The number of likely N-dealkylation sites (tertiary alicyclic amines) is 1. The highest BCUT2D eigenvalue weighted by Gasteiger charge is 2.52. The summed E-state index contributed by atoms with van der Waals surface area (Å²) in [5.41, 5.74) is 3.45. The highest BCUT2D eigenvalue weighted by molar-refractivity contribution is 6.06. The van der Waals surface area contributed by atoms with Gasteiger partial charge in [-0.1, -0.05) is 24.3 Å². The fraction of sp³-hybridized carbons (Fsp3) is 0.435. The number of esters is 1. The fourth-order valence-corrected chi connectivity index (χ4v) is 3.82. The van der Waals surface area contributed by atoms with Gasteiger partial charge in [-0.15, -0.1) is 0 Å². The van der Waals surface area contributed by atoms with Crippen molar-refractivity contribution in [1.82, 2.24) is 4.90 Å². The number of amides is 2. The number of rotatable bonds is 0. The first-order valence-corrected chi connectivity index (χ1v) is 9.87. The van der Waals surface area contributed by atoms with Gasteiger partial charge < -0.3 is 14.6 Å². The van der Waals surface area contributed by atoms with Crippen molar-refractivity contribution in [2.45, 2.75) is 52.7 Å². The highest BCUT2D eigenvalue weighted by atomic mass is 16.6. The second-order valence-corrected chi connectivity index (χ2v) is 8.68. The van der Waals surface area contributed by atoms with Gasteiger partial charge in [0.05, 0.1) is 17.9 Å². The Labute approximate surface area is 176 Å². The molecule has 7 heteroatoms. The lowest BCUT2D eigenvalue weighted by Crippen LogP contribution is -2.39. The summed E-state index contributed by atoms with van der Waals surface area (Å²) in [5, 5.41) is 9.43. The summed E-state index contributed by atoms with van der Waals surface area (Å²) in [6.07, 6.45) is 0.801. The average Bonchev–Trinajstić information content (AvgIpc) is 3.26. The number of aliphatic hydroxyl groups is 1. The molecule has 0 saturated carbocycles. The average molecular weight is 413 g/mol. The molecule has 1 aromatic carbocycles. The number of nitrogens with zero attached hydrogens (tertiary/aromatic N) is 1. The molecule has 0 spiro atoms. The fourth-order valence-electron chi connectivity index (χ4n) is 3.82. The van der Waals surface area contributed by atoms with E-state index in [1.54, 1.807) is 27.7 Å². The molecular weight excluding hydrogens is 386 g/mol. The third kappa shape index (κ3) is 3.97. The van der Waals surface area contributed by atoms with Crippen molar-refractivity contribution in [2.75, 3.05) is 6.61 Å². The molecule has 1 fully saturated rings. The van der Waals surface area contributed by atoms with Gasteiger partial charge in [-0.25, -0.2) is 14.5 Å². The smallest absolute Gasteiger partial charge is 0.417 e. The zero-order valence-electron chi connectivity index (χ0n) is 17.9. The van der Waals surface area contributed by atoms with E-state index >= 15 is 0 Å². The number of imide groups is 1. The molecule has 0 bridgehead atoms. The van der Waals surface area contributed by atoms with Gasteiger partial charge in [0.15, 0.2) is 0 Å². The normalized spacial score (nSPS) is 23.8. The van der Waals surface area contributed by atoms with E-state index in [0.29, 0.717) is 13.0 Å². The number of cyclic esters (lactones) is 1. The van der Waals surface area contributed by atoms with Gasteiger partial charge in [0.2, 0.25) is 0 Å². The number of hydrogen-bond donors (Lipinski definition) is 1. The van der Waals surface area contributed by atoms with Gasteiger partial charge in [-0.3, -0.25) is 4.79 Å². The monoisotopic (exact) mass is 413 g/mol. The first kappa shape index (κ1) is 21.6. The Morgan fingerprint density at radius 1 is 1.23 bits per heavy atom. The van der Waals surface area contributed by atoms with Crippen LogP contribution in [0, 0.1) is 5.92 Å². The predicted octanol–water partition coefficient (Wildman–Crippen LogP) is 4.00. The molecule has 4 rings (SSSR count). The number of benzene rings is 1. The van der Waals surface area contributed by atoms with E-state index in [-0.39, 0.29) is 17.5 Å². The van der Waals surface area contributed by atoms with Crippen LogP contribution in [0.5, 0.6) is 0 Å². The van der Waals surface area contributed by atoms with Crippen LogP contribution in [0.3, 0.4) is 0 Å². The number of carbonyl (C=O) groups is 3. The van der Waals surface area contributed by atoms with Crippen LogP contribution < -0.4 is 0 Å². The summed E-state index contributed by atoms with van der Waals surface area (Å²) in [4.78, 5) is 36.6. The van der Waals surface area contributed by atoms with Crippen LogP contribution in [0.15, 0.2) is 47.2 Å². The van der Waals surface area contributed by atoms with Crippen LogP contribution in [-0.2, 0) is 25.5 Å². The van der Waals surface area contributed by atoms with Gasteiger partial charge in [-0.05, 0) is 57.7 Å². The van der Waals surface area contributed by atoms with E-state index in [4.69, 9.17) is 4.74 Å². The maximum absolute atomic E-state index is 12.5. The molecule has 1 saturated heterocycles. The molecule has 160 valence electrons. The maximum Gasteiger partial charge on any atom is 0.417 e. The first-order valence-electron chi connectivity index (χ1n) is 9.87. The van der Waals surface area contributed by atoms with Crippen molar-refractivity contribution in [3.63, 3.8) is 0 Å². The minimum absolute atomic E-state index is 0.164. The van der Waals surface area contributed by atoms with Gasteiger partial charge in [0, 0.05) is 11.5 Å². The molecule has 2 amide bonds. The molecule has 2 atom stereocenters. The van der Waals surface area contributed by atoms with Crippen LogP contribution in [-0.4, -0.2) is 40.2 Å². The van der Waals surface area contributed by atoms with Crippen molar-refractivity contribution in [3.8, 4) is 0 Å². The molecule has 0 radical (unpaired) electrons. The summed E-state index contributed by atoms with van der Waals surface area (Å²) in [5.74, 6) is -0.842. The Balaban J connectivity index is 0.000000269. The lowest BCUT2D eigenvalue weighted by atomic mass is 9.97. The molecule has 30 heavy (non-hydrogen) atoms. The minimum Gasteiger partial charge on any atom is -0.515 e. The van der Waals surface area contributed by atoms with Gasteiger partial charge >= 0.3 is 12.1 Å². The number of aliphatic hydroxyl groups excluding tert-OH is 1. The van der Waals surface area contributed by atoms with Crippen LogP contribution >= 0.6 is 0 Å². The van der Waals surface area contributed by atoms with Crippen LogP contribution in [0.25, 0.3) is 0 Å². The molecule has 2 aliphatic heterocycles. The Morgan fingerprint density at radius 2 is 1.90 bits per heavy atom. The van der Waals surface area contributed by atoms with Crippen molar-refractivity contribution in [2.24, 2.45) is 5.92 Å². The van der Waals surface area contributed by atoms with Crippen molar-refractivity contribution < 1.29 is 29.0 Å². The van der Waals surface area contributed by atoms with Crippen LogP contribution in [0.1, 0.15) is 51.8 Å². The Hall–Kier alpha value is -3.09. The second-order valence-electron chi connectivity index (χ2n) is 8.68. The molecule has 2 unspecified atom stereocenters. The van der Waals surface area contributed by atoms with Crippen LogP contribution in [0.2, 0.25) is 0 Å². The quantitative estimate of drug-likeness (QED) is 0.393. The molecule has 1 N–H and O–H groups in total.